The monoisotopic (exact) mass is 410 g/mol. The van der Waals surface area contributed by atoms with Crippen LogP contribution in [0.3, 0.4) is 0 Å². The second kappa shape index (κ2) is 8.62. The first-order valence-electron chi connectivity index (χ1n) is 9.90. The number of hydrogen-bond acceptors (Lipinski definition) is 6. The zero-order chi connectivity index (χ0) is 21.1. The normalized spacial score (nSPS) is 14.7. The van der Waals surface area contributed by atoms with E-state index in [-0.39, 0.29) is 24.4 Å². The van der Waals surface area contributed by atoms with Gasteiger partial charge >= 0.3 is 0 Å². The number of anilines is 1. The highest BCUT2D eigenvalue weighted by molar-refractivity contribution is 5.94. The molecule has 1 saturated heterocycles. The van der Waals surface area contributed by atoms with Crippen LogP contribution in [0.15, 0.2) is 47.0 Å². The van der Waals surface area contributed by atoms with Crippen LogP contribution in [0.1, 0.15) is 34.6 Å². The van der Waals surface area contributed by atoms with Gasteiger partial charge in [-0.3, -0.25) is 4.79 Å². The lowest BCUT2D eigenvalue weighted by atomic mass is 10.1. The largest absolute Gasteiger partial charge is 0.393 e. The molecular weight excluding hydrogens is 387 g/mol. The van der Waals surface area contributed by atoms with Crippen LogP contribution in [0, 0.1) is 12.7 Å². The van der Waals surface area contributed by atoms with Crippen molar-refractivity contribution in [3.8, 4) is 11.5 Å². The quantitative estimate of drug-likeness (QED) is 0.672. The van der Waals surface area contributed by atoms with Crippen molar-refractivity contribution in [1.29, 1.82) is 0 Å². The molecule has 1 fully saturated rings. The minimum absolute atomic E-state index is 0.222. The van der Waals surface area contributed by atoms with Gasteiger partial charge in [-0.15, -0.1) is 0 Å². The molecule has 0 radical (unpaired) electrons. The van der Waals surface area contributed by atoms with Crippen LogP contribution in [0.25, 0.3) is 11.5 Å². The van der Waals surface area contributed by atoms with Gasteiger partial charge < -0.3 is 19.8 Å². The topological polar surface area (TPSA) is 91.5 Å². The van der Waals surface area contributed by atoms with E-state index >= 15 is 0 Å². The maximum Gasteiger partial charge on any atom is 0.257 e. The second-order valence-electron chi connectivity index (χ2n) is 7.41. The lowest BCUT2D eigenvalue weighted by Crippen LogP contribution is -2.36. The van der Waals surface area contributed by atoms with Gasteiger partial charge in [-0.05, 0) is 61.7 Å². The van der Waals surface area contributed by atoms with Gasteiger partial charge in [-0.25, -0.2) is 4.39 Å². The predicted octanol–water partition coefficient (Wildman–Crippen LogP) is 3.08. The molecule has 8 heteroatoms. The van der Waals surface area contributed by atoms with Crippen molar-refractivity contribution in [2.24, 2.45) is 0 Å². The summed E-state index contributed by atoms with van der Waals surface area (Å²) < 4.78 is 19.7. The average Bonchev–Trinajstić information content (AvgIpc) is 3.19. The molecule has 1 amide bonds. The number of benzene rings is 2. The molecule has 2 N–H and O–H groups in total. The number of aryl methyl sites for hydroxylation is 1. The van der Waals surface area contributed by atoms with E-state index in [1.54, 1.807) is 37.3 Å². The maximum atomic E-state index is 14.5. The Hall–Kier alpha value is -3.26. The van der Waals surface area contributed by atoms with E-state index in [9.17, 15) is 14.3 Å². The molecule has 1 aliphatic heterocycles. The number of halogens is 1. The number of nitrogens with zero attached hydrogens (tertiary/aromatic N) is 3. The van der Waals surface area contributed by atoms with Crippen LogP contribution in [0.5, 0.6) is 0 Å². The van der Waals surface area contributed by atoms with Gasteiger partial charge in [-0.2, -0.15) is 4.98 Å². The van der Waals surface area contributed by atoms with Crippen molar-refractivity contribution >= 4 is 11.6 Å². The van der Waals surface area contributed by atoms with E-state index in [0.29, 0.717) is 54.5 Å². The fourth-order valence-corrected chi connectivity index (χ4v) is 3.49. The highest BCUT2D eigenvalue weighted by Crippen LogP contribution is 2.24. The molecule has 30 heavy (non-hydrogen) atoms. The fourth-order valence-electron chi connectivity index (χ4n) is 3.49. The Balaban J connectivity index is 1.36. The zero-order valence-electron chi connectivity index (χ0n) is 16.6. The van der Waals surface area contributed by atoms with Gasteiger partial charge in [0.05, 0.1) is 11.8 Å². The van der Waals surface area contributed by atoms with Crippen molar-refractivity contribution in [1.82, 2.24) is 15.5 Å². The average molecular weight is 410 g/mol. The van der Waals surface area contributed by atoms with Crippen LogP contribution in [0.2, 0.25) is 0 Å². The third kappa shape index (κ3) is 4.49. The molecule has 1 aromatic heterocycles. The van der Waals surface area contributed by atoms with Crippen molar-refractivity contribution in [2.75, 3.05) is 18.0 Å². The van der Waals surface area contributed by atoms with Crippen LogP contribution in [-0.4, -0.2) is 40.3 Å². The molecule has 3 aromatic rings. The van der Waals surface area contributed by atoms with Gasteiger partial charge in [0, 0.05) is 30.8 Å². The molecule has 0 bridgehead atoms. The molecule has 156 valence electrons. The summed E-state index contributed by atoms with van der Waals surface area (Å²) in [5.41, 5.74) is 2.43. The van der Waals surface area contributed by atoms with Crippen LogP contribution in [-0.2, 0) is 6.54 Å². The van der Waals surface area contributed by atoms with Gasteiger partial charge in [0.1, 0.15) is 5.82 Å². The number of rotatable bonds is 5. The minimum Gasteiger partial charge on any atom is -0.393 e. The number of carbonyl (C=O) groups is 1. The van der Waals surface area contributed by atoms with Gasteiger partial charge in [0.25, 0.3) is 11.8 Å². The Morgan fingerprint density at radius 3 is 2.60 bits per heavy atom. The smallest absolute Gasteiger partial charge is 0.257 e. The summed E-state index contributed by atoms with van der Waals surface area (Å²) in [5.74, 6) is 0.372. The van der Waals surface area contributed by atoms with Crippen LogP contribution >= 0.6 is 0 Å². The molecule has 0 atom stereocenters. The first-order valence-corrected chi connectivity index (χ1v) is 9.90. The molecule has 4 rings (SSSR count). The summed E-state index contributed by atoms with van der Waals surface area (Å²) in [7, 11) is 0. The number of hydrogen-bond donors (Lipinski definition) is 2. The van der Waals surface area contributed by atoms with Gasteiger partial charge in [0.15, 0.2) is 5.82 Å². The van der Waals surface area contributed by atoms with Crippen molar-refractivity contribution in [3.05, 3.63) is 65.2 Å². The maximum absolute atomic E-state index is 14.5. The molecule has 2 heterocycles. The minimum atomic E-state index is -0.322. The fraction of sp³-hybridized carbons (Fsp3) is 0.318. The molecule has 0 saturated carbocycles. The molecule has 7 nitrogen and oxygen atoms in total. The number of aliphatic hydroxyl groups is 1. The molecule has 1 aliphatic rings. The van der Waals surface area contributed by atoms with Crippen LogP contribution in [0.4, 0.5) is 10.1 Å². The van der Waals surface area contributed by atoms with E-state index in [2.05, 4.69) is 15.5 Å². The van der Waals surface area contributed by atoms with E-state index < -0.39 is 0 Å². The molecule has 0 unspecified atom stereocenters. The highest BCUT2D eigenvalue weighted by atomic mass is 19.1. The van der Waals surface area contributed by atoms with E-state index in [1.807, 2.05) is 11.0 Å². The summed E-state index contributed by atoms with van der Waals surface area (Å²) in [4.78, 5) is 18.5. The van der Waals surface area contributed by atoms with E-state index in [4.69, 9.17) is 4.52 Å². The molecule has 0 spiro atoms. The number of amides is 1. The Morgan fingerprint density at radius 1 is 1.23 bits per heavy atom. The van der Waals surface area contributed by atoms with E-state index in [0.717, 1.165) is 5.56 Å². The lowest BCUT2D eigenvalue weighted by molar-refractivity contribution is 0.0951. The zero-order valence-corrected chi connectivity index (χ0v) is 16.6. The second-order valence-corrected chi connectivity index (χ2v) is 7.41. The van der Waals surface area contributed by atoms with Gasteiger partial charge in [0.2, 0.25) is 0 Å². The first-order chi connectivity index (χ1) is 14.5. The SMILES string of the molecule is Cc1noc(-c2ccc(C(=O)NCc3ccc(N4CCC(O)CC4)c(F)c3)cc2)n1. The Bertz CT molecular complexity index is 1030. The number of aliphatic hydroxyl groups excluding tert-OH is 1. The highest BCUT2D eigenvalue weighted by Gasteiger charge is 2.19. The summed E-state index contributed by atoms with van der Waals surface area (Å²) in [6.07, 6.45) is 0.980. The number of carbonyl (C=O) groups excluding carboxylic acids is 1. The van der Waals surface area contributed by atoms with E-state index in [1.165, 1.54) is 6.07 Å². The Kier molecular flexibility index (Phi) is 5.76. The summed E-state index contributed by atoms with van der Waals surface area (Å²) in [6.45, 7) is 3.22. The summed E-state index contributed by atoms with van der Waals surface area (Å²) in [5, 5.41) is 16.2. The summed E-state index contributed by atoms with van der Waals surface area (Å²) >= 11 is 0. The number of piperidine rings is 1. The third-order valence-corrected chi connectivity index (χ3v) is 5.19. The molecule has 0 aliphatic carbocycles. The Labute approximate surface area is 173 Å². The molecule has 2 aromatic carbocycles. The van der Waals surface area contributed by atoms with Crippen molar-refractivity contribution in [3.63, 3.8) is 0 Å². The first kappa shape index (κ1) is 20.0. The predicted molar refractivity (Wildman–Crippen MR) is 109 cm³/mol. The standard InChI is InChI=1S/C22H23FN4O3/c1-14-25-22(30-26-14)17-5-3-16(4-6-17)21(29)24-13-15-2-7-20(19(23)12-15)27-10-8-18(28)9-11-27/h2-7,12,18,28H,8-11,13H2,1H3,(H,24,29). The lowest BCUT2D eigenvalue weighted by Gasteiger charge is -2.31. The number of aromatic nitrogens is 2. The van der Waals surface area contributed by atoms with Crippen LogP contribution < -0.4 is 10.2 Å². The molecular formula is C22H23FN4O3. The van der Waals surface area contributed by atoms with Gasteiger partial charge in [-0.1, -0.05) is 11.2 Å². The van der Waals surface area contributed by atoms with Crippen molar-refractivity contribution < 1.29 is 18.8 Å². The summed E-state index contributed by atoms with van der Waals surface area (Å²) in [6, 6.07) is 11.8. The third-order valence-electron chi connectivity index (χ3n) is 5.19. The number of nitrogens with one attached hydrogen (secondary N) is 1. The van der Waals surface area contributed by atoms with Crippen molar-refractivity contribution in [2.45, 2.75) is 32.4 Å². The Morgan fingerprint density at radius 2 is 1.97 bits per heavy atom.